The van der Waals surface area contributed by atoms with Crippen LogP contribution in [-0.2, 0) is 0 Å². The molecular formula is C14H22FN. The van der Waals surface area contributed by atoms with Crippen molar-refractivity contribution >= 4 is 0 Å². The van der Waals surface area contributed by atoms with Crippen molar-refractivity contribution in [3.63, 3.8) is 0 Å². The lowest BCUT2D eigenvalue weighted by Crippen LogP contribution is -2.17. The van der Waals surface area contributed by atoms with Crippen LogP contribution in [0.4, 0.5) is 4.39 Å². The molecule has 0 radical (unpaired) electrons. The summed E-state index contributed by atoms with van der Waals surface area (Å²) in [5.41, 5.74) is 6.54. The molecule has 1 aromatic rings. The minimum atomic E-state index is -0.121. The van der Waals surface area contributed by atoms with Crippen molar-refractivity contribution in [1.82, 2.24) is 0 Å². The van der Waals surface area contributed by atoms with Crippen molar-refractivity contribution in [2.24, 2.45) is 11.7 Å². The zero-order chi connectivity index (χ0) is 12.0. The van der Waals surface area contributed by atoms with E-state index in [-0.39, 0.29) is 11.7 Å². The Hall–Kier alpha value is -0.890. The van der Waals surface area contributed by atoms with Gasteiger partial charge in [-0.15, -0.1) is 0 Å². The Balaban J connectivity index is 2.78. The molecule has 0 amide bonds. The first-order chi connectivity index (χ1) is 7.72. The zero-order valence-electron chi connectivity index (χ0n) is 10.2. The summed E-state index contributed by atoms with van der Waals surface area (Å²) in [5, 5.41) is 0. The number of hydrogen-bond acceptors (Lipinski definition) is 1. The van der Waals surface area contributed by atoms with Gasteiger partial charge in [-0.25, -0.2) is 4.39 Å². The van der Waals surface area contributed by atoms with Crippen LogP contribution >= 0.6 is 0 Å². The lowest BCUT2D eigenvalue weighted by atomic mass is 9.86. The Kier molecular flexibility index (Phi) is 5.47. The maximum Gasteiger partial charge on any atom is 0.126 e. The highest BCUT2D eigenvalue weighted by Gasteiger charge is 2.17. The van der Waals surface area contributed by atoms with Gasteiger partial charge in [0, 0.05) is 0 Å². The Morgan fingerprint density at radius 2 is 1.81 bits per heavy atom. The summed E-state index contributed by atoms with van der Waals surface area (Å²) in [6, 6.07) is 6.98. The van der Waals surface area contributed by atoms with Gasteiger partial charge in [-0.05, 0) is 36.4 Å². The van der Waals surface area contributed by atoms with Gasteiger partial charge < -0.3 is 5.73 Å². The molecule has 1 rings (SSSR count). The summed E-state index contributed by atoms with van der Waals surface area (Å²) in [6.07, 6.45) is 3.27. The van der Waals surface area contributed by atoms with E-state index >= 15 is 0 Å². The highest BCUT2D eigenvalue weighted by molar-refractivity contribution is 5.22. The molecular weight excluding hydrogens is 201 g/mol. The molecule has 1 aromatic carbocycles. The molecule has 1 unspecified atom stereocenters. The van der Waals surface area contributed by atoms with Crippen molar-refractivity contribution in [2.45, 2.75) is 39.0 Å². The van der Waals surface area contributed by atoms with Crippen LogP contribution < -0.4 is 5.73 Å². The third-order valence-electron chi connectivity index (χ3n) is 3.40. The van der Waals surface area contributed by atoms with E-state index in [0.29, 0.717) is 12.5 Å². The number of hydrogen-bond donors (Lipinski definition) is 1. The van der Waals surface area contributed by atoms with Crippen molar-refractivity contribution in [1.29, 1.82) is 0 Å². The standard InChI is InChI=1S/C14H22FN/c1-3-11(4-2)9-12(10-16)13-7-5-6-8-14(13)15/h5-8,11-12H,3-4,9-10,16H2,1-2H3. The SMILES string of the molecule is CCC(CC)CC(CN)c1ccccc1F. The van der Waals surface area contributed by atoms with Crippen molar-refractivity contribution in [3.8, 4) is 0 Å². The third-order valence-corrected chi connectivity index (χ3v) is 3.40. The van der Waals surface area contributed by atoms with E-state index in [9.17, 15) is 4.39 Å². The number of benzene rings is 1. The fraction of sp³-hybridized carbons (Fsp3) is 0.571. The van der Waals surface area contributed by atoms with E-state index in [4.69, 9.17) is 5.73 Å². The minimum Gasteiger partial charge on any atom is -0.330 e. The molecule has 0 aliphatic carbocycles. The van der Waals surface area contributed by atoms with Crippen LogP contribution in [0.25, 0.3) is 0 Å². The quantitative estimate of drug-likeness (QED) is 0.782. The van der Waals surface area contributed by atoms with E-state index in [1.807, 2.05) is 12.1 Å². The van der Waals surface area contributed by atoms with E-state index in [2.05, 4.69) is 13.8 Å². The Morgan fingerprint density at radius 1 is 1.19 bits per heavy atom. The summed E-state index contributed by atoms with van der Waals surface area (Å²) in [6.45, 7) is 4.89. The molecule has 90 valence electrons. The summed E-state index contributed by atoms with van der Waals surface area (Å²) in [5.74, 6) is 0.683. The van der Waals surface area contributed by atoms with Gasteiger partial charge in [-0.2, -0.15) is 0 Å². The van der Waals surface area contributed by atoms with Crippen molar-refractivity contribution in [2.75, 3.05) is 6.54 Å². The van der Waals surface area contributed by atoms with Gasteiger partial charge in [0.05, 0.1) is 0 Å². The molecule has 0 aliphatic heterocycles. The second-order valence-corrected chi connectivity index (χ2v) is 4.37. The molecule has 16 heavy (non-hydrogen) atoms. The van der Waals surface area contributed by atoms with E-state index in [0.717, 1.165) is 24.8 Å². The third kappa shape index (κ3) is 3.31. The fourth-order valence-electron chi connectivity index (χ4n) is 2.18. The molecule has 0 aromatic heterocycles. The Bertz CT molecular complexity index is 307. The van der Waals surface area contributed by atoms with Gasteiger partial charge in [-0.3, -0.25) is 0 Å². The fourth-order valence-corrected chi connectivity index (χ4v) is 2.18. The molecule has 2 heteroatoms. The van der Waals surface area contributed by atoms with Crippen LogP contribution in [0, 0.1) is 11.7 Å². The van der Waals surface area contributed by atoms with E-state index in [1.165, 1.54) is 6.07 Å². The second kappa shape index (κ2) is 6.64. The average Bonchev–Trinajstić information content (AvgIpc) is 2.32. The lowest BCUT2D eigenvalue weighted by Gasteiger charge is -2.21. The average molecular weight is 223 g/mol. The van der Waals surface area contributed by atoms with Gasteiger partial charge in [0.2, 0.25) is 0 Å². The highest BCUT2D eigenvalue weighted by atomic mass is 19.1. The van der Waals surface area contributed by atoms with Gasteiger partial charge >= 0.3 is 0 Å². The van der Waals surface area contributed by atoms with E-state index < -0.39 is 0 Å². The van der Waals surface area contributed by atoms with Crippen molar-refractivity contribution < 1.29 is 4.39 Å². The van der Waals surface area contributed by atoms with Crippen LogP contribution in [0.2, 0.25) is 0 Å². The molecule has 0 spiro atoms. The van der Waals surface area contributed by atoms with Crippen LogP contribution in [0.15, 0.2) is 24.3 Å². The van der Waals surface area contributed by atoms with Crippen LogP contribution in [0.1, 0.15) is 44.6 Å². The van der Waals surface area contributed by atoms with E-state index in [1.54, 1.807) is 6.07 Å². The monoisotopic (exact) mass is 223 g/mol. The van der Waals surface area contributed by atoms with Gasteiger partial charge in [0.15, 0.2) is 0 Å². The van der Waals surface area contributed by atoms with Crippen LogP contribution in [0.3, 0.4) is 0 Å². The van der Waals surface area contributed by atoms with Crippen LogP contribution in [0.5, 0.6) is 0 Å². The minimum absolute atomic E-state index is 0.121. The second-order valence-electron chi connectivity index (χ2n) is 4.37. The Morgan fingerprint density at radius 3 is 2.31 bits per heavy atom. The zero-order valence-corrected chi connectivity index (χ0v) is 10.2. The Labute approximate surface area is 97.9 Å². The highest BCUT2D eigenvalue weighted by Crippen LogP contribution is 2.27. The summed E-state index contributed by atoms with van der Waals surface area (Å²) >= 11 is 0. The molecule has 0 heterocycles. The van der Waals surface area contributed by atoms with Gasteiger partial charge in [0.1, 0.15) is 5.82 Å². The summed E-state index contributed by atoms with van der Waals surface area (Å²) in [4.78, 5) is 0. The maximum atomic E-state index is 13.6. The topological polar surface area (TPSA) is 26.0 Å². The molecule has 1 nitrogen and oxygen atoms in total. The molecule has 0 aliphatic rings. The van der Waals surface area contributed by atoms with Gasteiger partial charge in [-0.1, -0.05) is 44.9 Å². The molecule has 2 N–H and O–H groups in total. The first-order valence-electron chi connectivity index (χ1n) is 6.17. The normalized spacial score (nSPS) is 13.1. The molecule has 1 atom stereocenters. The predicted molar refractivity (Wildman–Crippen MR) is 66.9 cm³/mol. The van der Waals surface area contributed by atoms with Crippen molar-refractivity contribution in [3.05, 3.63) is 35.6 Å². The van der Waals surface area contributed by atoms with Crippen LogP contribution in [-0.4, -0.2) is 6.54 Å². The lowest BCUT2D eigenvalue weighted by molar-refractivity contribution is 0.406. The van der Waals surface area contributed by atoms with Gasteiger partial charge in [0.25, 0.3) is 0 Å². The smallest absolute Gasteiger partial charge is 0.126 e. The number of rotatable bonds is 6. The summed E-state index contributed by atoms with van der Waals surface area (Å²) in [7, 11) is 0. The molecule has 0 fully saturated rings. The molecule has 0 bridgehead atoms. The summed E-state index contributed by atoms with van der Waals surface area (Å²) < 4.78 is 13.6. The molecule has 0 saturated carbocycles. The number of halogens is 1. The largest absolute Gasteiger partial charge is 0.330 e. The predicted octanol–water partition coefficient (Wildman–Crippen LogP) is 3.69. The molecule has 0 saturated heterocycles. The maximum absolute atomic E-state index is 13.6. The first-order valence-corrected chi connectivity index (χ1v) is 6.17. The number of nitrogens with two attached hydrogens (primary N) is 1. The first kappa shape index (κ1) is 13.2.